The van der Waals surface area contributed by atoms with Crippen molar-refractivity contribution in [2.75, 3.05) is 59.0 Å². The number of rotatable bonds is 10. The van der Waals surface area contributed by atoms with Gasteiger partial charge in [-0.3, -0.25) is 9.59 Å². The molecule has 40 heavy (non-hydrogen) atoms. The number of hydrogen-bond donors (Lipinski definition) is 0. The number of amides is 2. The average molecular weight is 548 g/mol. The third-order valence-electron chi connectivity index (χ3n) is 7.32. The van der Waals surface area contributed by atoms with Crippen molar-refractivity contribution in [3.8, 4) is 28.5 Å². The van der Waals surface area contributed by atoms with Gasteiger partial charge >= 0.3 is 0 Å². The van der Waals surface area contributed by atoms with E-state index in [2.05, 4.69) is 15.1 Å². The second-order valence-corrected chi connectivity index (χ2v) is 9.63. The summed E-state index contributed by atoms with van der Waals surface area (Å²) in [6.45, 7) is 6.36. The van der Waals surface area contributed by atoms with Gasteiger partial charge < -0.3 is 28.9 Å². The molecule has 2 aromatic carbocycles. The summed E-state index contributed by atoms with van der Waals surface area (Å²) >= 11 is 0. The summed E-state index contributed by atoms with van der Waals surface area (Å²) in [7, 11) is 4.81. The number of anilines is 1. The highest BCUT2D eigenvalue weighted by molar-refractivity contribution is 5.96. The largest absolute Gasteiger partial charge is 0.497 e. The maximum Gasteiger partial charge on any atom is 0.254 e. The summed E-state index contributed by atoms with van der Waals surface area (Å²) in [5.74, 6) is 2.57. The first-order chi connectivity index (χ1) is 19.4. The van der Waals surface area contributed by atoms with Crippen molar-refractivity contribution >= 4 is 17.6 Å². The van der Waals surface area contributed by atoms with Crippen LogP contribution in [0.1, 0.15) is 30.6 Å². The summed E-state index contributed by atoms with van der Waals surface area (Å²) in [5.41, 5.74) is 2.06. The molecule has 0 N–H and O–H groups in total. The van der Waals surface area contributed by atoms with Crippen molar-refractivity contribution in [1.82, 2.24) is 20.0 Å². The summed E-state index contributed by atoms with van der Waals surface area (Å²) in [6.07, 6.45) is 0.750. The molecule has 1 aliphatic rings. The van der Waals surface area contributed by atoms with Crippen LogP contribution in [-0.2, 0) is 4.79 Å². The third kappa shape index (κ3) is 6.44. The summed E-state index contributed by atoms with van der Waals surface area (Å²) in [5, 5.41) is 8.87. The first kappa shape index (κ1) is 28.7. The molecule has 1 atom stereocenters. The minimum Gasteiger partial charge on any atom is -0.497 e. The fraction of sp³-hybridized carbons (Fsp3) is 0.400. The van der Waals surface area contributed by atoms with Crippen molar-refractivity contribution in [2.45, 2.75) is 26.3 Å². The zero-order chi connectivity index (χ0) is 28.6. The SMILES string of the molecule is CCC(C)N(CC(=O)N1CCN(c2ccc(-c3ccc(OC)cc3OC)nn2)CC1)C(=O)c1ccc(OC)cc1. The Labute approximate surface area is 235 Å². The van der Waals surface area contributed by atoms with Crippen LogP contribution in [0.15, 0.2) is 54.6 Å². The molecule has 1 fully saturated rings. The van der Waals surface area contributed by atoms with Crippen LogP contribution >= 0.6 is 0 Å². The third-order valence-corrected chi connectivity index (χ3v) is 7.32. The van der Waals surface area contributed by atoms with E-state index in [9.17, 15) is 9.59 Å². The van der Waals surface area contributed by atoms with Gasteiger partial charge in [0.1, 0.15) is 23.8 Å². The predicted octanol–water partition coefficient (Wildman–Crippen LogP) is 3.76. The highest BCUT2D eigenvalue weighted by Gasteiger charge is 2.28. The maximum atomic E-state index is 13.3. The van der Waals surface area contributed by atoms with Crippen LogP contribution in [0.25, 0.3) is 11.3 Å². The zero-order valence-electron chi connectivity index (χ0n) is 23.8. The Kier molecular flexibility index (Phi) is 9.42. The zero-order valence-corrected chi connectivity index (χ0v) is 23.8. The Morgan fingerprint density at radius 1 is 0.875 bits per heavy atom. The lowest BCUT2D eigenvalue weighted by atomic mass is 10.1. The smallest absolute Gasteiger partial charge is 0.254 e. The number of benzene rings is 2. The van der Waals surface area contributed by atoms with Gasteiger partial charge in [-0.2, -0.15) is 0 Å². The standard InChI is InChI=1S/C30H37N5O5/c1-6-21(2)35(30(37)22-7-9-23(38-3)10-8-22)20-29(36)34-17-15-33(16-18-34)28-14-13-26(31-32-28)25-12-11-24(39-4)19-27(25)40-5/h7-14,19,21H,6,15-18,20H2,1-5H3. The van der Waals surface area contributed by atoms with E-state index in [-0.39, 0.29) is 24.4 Å². The average Bonchev–Trinajstić information content (AvgIpc) is 3.02. The number of aromatic nitrogens is 2. The molecule has 10 nitrogen and oxygen atoms in total. The first-order valence-electron chi connectivity index (χ1n) is 13.4. The number of carbonyl (C=O) groups excluding carboxylic acids is 2. The highest BCUT2D eigenvalue weighted by atomic mass is 16.5. The molecule has 0 radical (unpaired) electrons. The van der Waals surface area contributed by atoms with E-state index in [1.54, 1.807) is 50.5 Å². The molecule has 2 amide bonds. The van der Waals surface area contributed by atoms with Crippen LogP contribution in [0, 0.1) is 0 Å². The van der Waals surface area contributed by atoms with Crippen LogP contribution in [-0.4, -0.2) is 91.9 Å². The van der Waals surface area contributed by atoms with Gasteiger partial charge in [-0.1, -0.05) is 6.92 Å². The monoisotopic (exact) mass is 547 g/mol. The molecule has 0 spiro atoms. The molecule has 4 rings (SSSR count). The molecule has 1 aromatic heterocycles. The van der Waals surface area contributed by atoms with E-state index in [0.29, 0.717) is 54.7 Å². The Bertz CT molecular complexity index is 1290. The molecule has 2 heterocycles. The lowest BCUT2D eigenvalue weighted by molar-refractivity contribution is -0.132. The minimum absolute atomic E-state index is 0.0397. The Balaban J connectivity index is 1.37. The number of ether oxygens (including phenoxy) is 3. The number of nitrogens with zero attached hydrogens (tertiary/aromatic N) is 5. The van der Waals surface area contributed by atoms with E-state index in [4.69, 9.17) is 14.2 Å². The Morgan fingerprint density at radius 2 is 1.55 bits per heavy atom. The molecule has 212 valence electrons. The van der Waals surface area contributed by atoms with Gasteiger partial charge in [-0.15, -0.1) is 10.2 Å². The van der Waals surface area contributed by atoms with E-state index in [1.807, 2.05) is 49.1 Å². The normalized spacial score (nSPS) is 13.9. The molecular formula is C30H37N5O5. The van der Waals surface area contributed by atoms with E-state index < -0.39 is 0 Å². The quantitative estimate of drug-likeness (QED) is 0.379. The Morgan fingerprint density at radius 3 is 2.12 bits per heavy atom. The van der Waals surface area contributed by atoms with Crippen molar-refractivity contribution in [1.29, 1.82) is 0 Å². The van der Waals surface area contributed by atoms with Crippen LogP contribution in [0.3, 0.4) is 0 Å². The molecule has 1 saturated heterocycles. The number of piperazine rings is 1. The topological polar surface area (TPSA) is 97.3 Å². The van der Waals surface area contributed by atoms with Gasteiger partial charge in [-0.25, -0.2) is 0 Å². The molecule has 0 bridgehead atoms. The van der Waals surface area contributed by atoms with Crippen LogP contribution in [0.4, 0.5) is 5.82 Å². The van der Waals surface area contributed by atoms with Crippen molar-refractivity contribution in [3.05, 3.63) is 60.2 Å². The Hall–Kier alpha value is -4.34. The van der Waals surface area contributed by atoms with Crippen molar-refractivity contribution < 1.29 is 23.8 Å². The van der Waals surface area contributed by atoms with Crippen LogP contribution in [0.2, 0.25) is 0 Å². The molecule has 1 unspecified atom stereocenters. The number of methoxy groups -OCH3 is 3. The van der Waals surface area contributed by atoms with Crippen LogP contribution in [0.5, 0.6) is 17.2 Å². The lowest BCUT2D eigenvalue weighted by Crippen LogP contribution is -2.53. The molecule has 3 aromatic rings. The number of carbonyl (C=O) groups is 2. The van der Waals surface area contributed by atoms with Gasteiger partial charge in [0.2, 0.25) is 5.91 Å². The van der Waals surface area contributed by atoms with Crippen molar-refractivity contribution in [3.63, 3.8) is 0 Å². The fourth-order valence-corrected chi connectivity index (χ4v) is 4.63. The maximum absolute atomic E-state index is 13.3. The molecule has 1 aliphatic heterocycles. The summed E-state index contributed by atoms with van der Waals surface area (Å²) in [4.78, 5) is 32.1. The van der Waals surface area contributed by atoms with E-state index in [1.165, 1.54) is 0 Å². The first-order valence-corrected chi connectivity index (χ1v) is 13.4. The van der Waals surface area contributed by atoms with E-state index >= 15 is 0 Å². The van der Waals surface area contributed by atoms with Gasteiger partial charge in [0.15, 0.2) is 5.82 Å². The molecule has 0 saturated carbocycles. The molecule has 0 aliphatic carbocycles. The predicted molar refractivity (Wildman–Crippen MR) is 153 cm³/mol. The van der Waals surface area contributed by atoms with Gasteiger partial charge in [0.05, 0.1) is 27.0 Å². The fourth-order valence-electron chi connectivity index (χ4n) is 4.63. The second kappa shape index (κ2) is 13.1. The summed E-state index contributed by atoms with van der Waals surface area (Å²) < 4.78 is 16.0. The van der Waals surface area contributed by atoms with Gasteiger partial charge in [0, 0.05) is 49.4 Å². The van der Waals surface area contributed by atoms with Gasteiger partial charge in [-0.05, 0) is 61.9 Å². The van der Waals surface area contributed by atoms with E-state index in [0.717, 1.165) is 17.8 Å². The molecule has 10 heteroatoms. The highest BCUT2D eigenvalue weighted by Crippen LogP contribution is 2.32. The minimum atomic E-state index is -0.159. The van der Waals surface area contributed by atoms with Crippen molar-refractivity contribution in [2.24, 2.45) is 0 Å². The van der Waals surface area contributed by atoms with Crippen LogP contribution < -0.4 is 19.1 Å². The molecular weight excluding hydrogens is 510 g/mol. The number of hydrogen-bond acceptors (Lipinski definition) is 8. The summed E-state index contributed by atoms with van der Waals surface area (Å²) in [6, 6.07) is 16.3. The lowest BCUT2D eigenvalue weighted by Gasteiger charge is -2.37. The van der Waals surface area contributed by atoms with Gasteiger partial charge in [0.25, 0.3) is 5.91 Å². The second-order valence-electron chi connectivity index (χ2n) is 9.63.